The van der Waals surface area contributed by atoms with Crippen LogP contribution in [0.3, 0.4) is 0 Å². The molecule has 0 spiro atoms. The quantitative estimate of drug-likeness (QED) is 0.524. The minimum absolute atomic E-state index is 0.114. The summed E-state index contributed by atoms with van der Waals surface area (Å²) in [5.74, 6) is 0.634. The molecule has 0 unspecified atom stereocenters. The number of aryl methyl sites for hydroxylation is 1. The van der Waals surface area contributed by atoms with Gasteiger partial charge in [-0.1, -0.05) is 24.3 Å². The van der Waals surface area contributed by atoms with Crippen molar-refractivity contribution in [3.8, 4) is 5.69 Å². The number of fused-ring (bicyclic) bond motifs is 1. The summed E-state index contributed by atoms with van der Waals surface area (Å²) in [6.07, 6.45) is 0. The highest BCUT2D eigenvalue weighted by molar-refractivity contribution is 7.83. The minimum atomic E-state index is -1.06. The molecule has 1 atom stereocenters. The van der Waals surface area contributed by atoms with E-state index in [1.165, 1.54) is 12.1 Å². The van der Waals surface area contributed by atoms with Gasteiger partial charge in [-0.15, -0.1) is 0 Å². The van der Waals surface area contributed by atoms with Gasteiger partial charge in [-0.25, -0.2) is 4.68 Å². The molecule has 0 radical (unpaired) electrons. The molecule has 8 nitrogen and oxygen atoms in total. The predicted octanol–water partition coefficient (Wildman–Crippen LogP) is 3.41. The van der Waals surface area contributed by atoms with Crippen LogP contribution in [0.4, 0.5) is 11.5 Å². The summed E-state index contributed by atoms with van der Waals surface area (Å²) < 4.78 is 13.7. The Balaban J connectivity index is 1.79. The monoisotopic (exact) mass is 410 g/mol. The van der Waals surface area contributed by atoms with Gasteiger partial charge in [0.25, 0.3) is 11.6 Å². The number of nitrogens with zero attached hydrogens (tertiary/aromatic N) is 3. The summed E-state index contributed by atoms with van der Waals surface area (Å²) in [5.41, 5.74) is 3.59. The second-order valence-corrected chi connectivity index (χ2v) is 8.32. The maximum atomic E-state index is 13.0. The second-order valence-electron chi connectivity index (χ2n) is 6.86. The molecule has 0 aliphatic carbocycles. The summed E-state index contributed by atoms with van der Waals surface area (Å²) >= 11 is 0. The van der Waals surface area contributed by atoms with E-state index in [0.717, 1.165) is 16.8 Å². The van der Waals surface area contributed by atoms with Crippen LogP contribution in [0, 0.1) is 24.0 Å². The molecule has 29 heavy (non-hydrogen) atoms. The molecule has 0 fully saturated rings. The third-order valence-corrected chi connectivity index (χ3v) is 6.20. The van der Waals surface area contributed by atoms with Crippen LogP contribution in [0.2, 0.25) is 0 Å². The summed E-state index contributed by atoms with van der Waals surface area (Å²) in [6, 6.07) is 12.0. The molecular formula is C20H18N4O4S. The molecular weight excluding hydrogens is 392 g/mol. The average molecular weight is 410 g/mol. The highest BCUT2D eigenvalue weighted by Crippen LogP contribution is 2.33. The number of nitro benzene ring substituents is 1. The summed E-state index contributed by atoms with van der Waals surface area (Å²) in [4.78, 5) is 23.7. The smallest absolute Gasteiger partial charge is 0.273 e. The maximum absolute atomic E-state index is 13.0. The van der Waals surface area contributed by atoms with E-state index in [1.807, 2.05) is 31.2 Å². The van der Waals surface area contributed by atoms with Gasteiger partial charge >= 0.3 is 0 Å². The first-order valence-electron chi connectivity index (χ1n) is 8.94. The van der Waals surface area contributed by atoms with Gasteiger partial charge in [-0.3, -0.25) is 19.1 Å². The molecule has 0 saturated carbocycles. The molecule has 148 valence electrons. The minimum Gasteiger partial charge on any atom is -0.306 e. The fourth-order valence-corrected chi connectivity index (χ4v) is 4.74. The molecule has 1 N–H and O–H groups in total. The number of aromatic nitrogens is 2. The maximum Gasteiger partial charge on any atom is 0.273 e. The van der Waals surface area contributed by atoms with Crippen molar-refractivity contribution in [2.24, 2.45) is 0 Å². The van der Waals surface area contributed by atoms with Crippen molar-refractivity contribution in [3.63, 3.8) is 0 Å². The number of rotatable bonds is 4. The Bertz CT molecular complexity index is 1190. The molecule has 4 rings (SSSR count). The van der Waals surface area contributed by atoms with E-state index in [9.17, 15) is 19.1 Å². The Morgan fingerprint density at radius 1 is 1.17 bits per heavy atom. The van der Waals surface area contributed by atoms with Crippen LogP contribution < -0.4 is 5.32 Å². The first-order chi connectivity index (χ1) is 13.9. The third kappa shape index (κ3) is 3.33. The average Bonchev–Trinajstić information content (AvgIpc) is 3.19. The van der Waals surface area contributed by atoms with Crippen molar-refractivity contribution in [2.45, 2.75) is 25.4 Å². The SMILES string of the molecule is Cc1ccccc1-n1nc2c(c1NC(=O)c1cccc([N+](=O)[O-])c1C)C[S@@](=O)C2. The molecule has 2 aromatic carbocycles. The van der Waals surface area contributed by atoms with Crippen LogP contribution in [0.25, 0.3) is 5.69 Å². The predicted molar refractivity (Wildman–Crippen MR) is 110 cm³/mol. The van der Waals surface area contributed by atoms with Gasteiger partial charge < -0.3 is 5.32 Å². The van der Waals surface area contributed by atoms with Crippen molar-refractivity contribution in [1.29, 1.82) is 0 Å². The third-order valence-electron chi connectivity index (χ3n) is 4.99. The highest BCUT2D eigenvalue weighted by Gasteiger charge is 2.29. The van der Waals surface area contributed by atoms with Crippen LogP contribution in [0.15, 0.2) is 42.5 Å². The Morgan fingerprint density at radius 3 is 2.66 bits per heavy atom. The first-order valence-corrected chi connectivity index (χ1v) is 10.4. The molecule has 1 aromatic heterocycles. The lowest BCUT2D eigenvalue weighted by Crippen LogP contribution is -2.18. The molecule has 1 aliphatic rings. The molecule has 0 bridgehead atoms. The normalized spacial score (nSPS) is 15.2. The lowest BCUT2D eigenvalue weighted by molar-refractivity contribution is -0.385. The standard InChI is InChI=1S/C20H18N4O4S/c1-12-6-3-4-8-17(12)23-19(15-10-29(28)11-16(15)22-23)21-20(25)14-7-5-9-18(13(14)2)24(26)27/h3-9H,10-11H2,1-2H3,(H,21,25)/t29-/m1/s1. The van der Waals surface area contributed by atoms with Crippen molar-refractivity contribution >= 4 is 28.2 Å². The largest absolute Gasteiger partial charge is 0.306 e. The Labute approximate surface area is 169 Å². The molecule has 1 aliphatic heterocycles. The lowest BCUT2D eigenvalue weighted by Gasteiger charge is -2.13. The van der Waals surface area contributed by atoms with Gasteiger partial charge in [0.05, 0.1) is 27.8 Å². The van der Waals surface area contributed by atoms with Gasteiger partial charge in [-0.2, -0.15) is 5.10 Å². The first kappa shape index (κ1) is 19.0. The Kier molecular flexibility index (Phi) is 4.75. The summed E-state index contributed by atoms with van der Waals surface area (Å²) in [5, 5.41) is 18.7. The fourth-order valence-electron chi connectivity index (χ4n) is 3.47. The zero-order chi connectivity index (χ0) is 20.7. The van der Waals surface area contributed by atoms with Crippen molar-refractivity contribution in [3.05, 3.63) is 80.5 Å². The molecule has 3 aromatic rings. The van der Waals surface area contributed by atoms with E-state index in [0.29, 0.717) is 23.0 Å². The Hall–Kier alpha value is -3.33. The van der Waals surface area contributed by atoms with E-state index < -0.39 is 21.6 Å². The number of nitro groups is 1. The number of carbonyl (C=O) groups is 1. The van der Waals surface area contributed by atoms with Crippen LogP contribution in [0.5, 0.6) is 0 Å². The van der Waals surface area contributed by atoms with E-state index in [2.05, 4.69) is 10.4 Å². The number of benzene rings is 2. The van der Waals surface area contributed by atoms with Gasteiger partial charge in [-0.05, 0) is 31.5 Å². The Morgan fingerprint density at radius 2 is 1.93 bits per heavy atom. The number of hydrogen-bond donors (Lipinski definition) is 1. The molecule has 9 heteroatoms. The summed E-state index contributed by atoms with van der Waals surface area (Å²) in [6.45, 7) is 3.49. The van der Waals surface area contributed by atoms with Crippen molar-refractivity contribution in [1.82, 2.24) is 9.78 Å². The number of carbonyl (C=O) groups excluding carboxylic acids is 1. The topological polar surface area (TPSA) is 107 Å². The number of amides is 1. The zero-order valence-corrected chi connectivity index (χ0v) is 16.7. The van der Waals surface area contributed by atoms with Crippen LogP contribution in [-0.2, 0) is 22.3 Å². The number of nitrogens with one attached hydrogen (secondary N) is 1. The number of hydrogen-bond acceptors (Lipinski definition) is 5. The van der Waals surface area contributed by atoms with Gasteiger partial charge in [0.1, 0.15) is 5.82 Å². The van der Waals surface area contributed by atoms with Crippen molar-refractivity contribution in [2.75, 3.05) is 5.32 Å². The van der Waals surface area contributed by atoms with Crippen LogP contribution in [0.1, 0.15) is 32.7 Å². The number of para-hydroxylation sites is 1. The second kappa shape index (κ2) is 7.25. The highest BCUT2D eigenvalue weighted by atomic mass is 32.2. The van der Waals surface area contributed by atoms with Crippen LogP contribution >= 0.6 is 0 Å². The van der Waals surface area contributed by atoms with E-state index in [1.54, 1.807) is 17.7 Å². The van der Waals surface area contributed by atoms with Gasteiger partial charge in [0.2, 0.25) is 0 Å². The molecule has 1 amide bonds. The van der Waals surface area contributed by atoms with E-state index in [-0.39, 0.29) is 16.8 Å². The fraction of sp³-hybridized carbons (Fsp3) is 0.200. The van der Waals surface area contributed by atoms with Gasteiger partial charge in [0.15, 0.2) is 0 Å². The molecule has 2 heterocycles. The lowest BCUT2D eigenvalue weighted by atomic mass is 10.1. The zero-order valence-electron chi connectivity index (χ0n) is 15.8. The number of anilines is 1. The van der Waals surface area contributed by atoms with E-state index >= 15 is 0 Å². The molecule has 0 saturated heterocycles. The van der Waals surface area contributed by atoms with E-state index in [4.69, 9.17) is 0 Å². The van der Waals surface area contributed by atoms with Crippen LogP contribution in [-0.4, -0.2) is 24.8 Å². The summed E-state index contributed by atoms with van der Waals surface area (Å²) in [7, 11) is -1.06. The van der Waals surface area contributed by atoms with Gasteiger partial charge in [0, 0.05) is 33.6 Å². The van der Waals surface area contributed by atoms with Crippen molar-refractivity contribution < 1.29 is 13.9 Å².